The van der Waals surface area contributed by atoms with Crippen molar-refractivity contribution in [2.75, 3.05) is 6.54 Å². The molecule has 3 nitrogen and oxygen atoms in total. The molecule has 102 valence electrons. The Morgan fingerprint density at radius 1 is 1.53 bits per heavy atom. The van der Waals surface area contributed by atoms with Gasteiger partial charge in [0.15, 0.2) is 0 Å². The van der Waals surface area contributed by atoms with Gasteiger partial charge in [-0.1, -0.05) is 11.6 Å². The summed E-state index contributed by atoms with van der Waals surface area (Å²) >= 11 is 1.59. The third-order valence-corrected chi connectivity index (χ3v) is 3.96. The zero-order chi connectivity index (χ0) is 13.5. The molecule has 1 aromatic rings. The predicted molar refractivity (Wildman–Crippen MR) is 80.1 cm³/mol. The van der Waals surface area contributed by atoms with Gasteiger partial charge in [-0.2, -0.15) is 0 Å². The lowest BCUT2D eigenvalue weighted by atomic mass is 9.97. The fourth-order valence-corrected chi connectivity index (χ4v) is 2.74. The molecular formula is C15H20N2OS. The van der Waals surface area contributed by atoms with Crippen molar-refractivity contribution in [3.63, 3.8) is 0 Å². The molecular weight excluding hydrogens is 256 g/mol. The van der Waals surface area contributed by atoms with Crippen LogP contribution in [0.2, 0.25) is 0 Å². The lowest BCUT2D eigenvalue weighted by molar-refractivity contribution is -0.116. The Labute approximate surface area is 118 Å². The summed E-state index contributed by atoms with van der Waals surface area (Å²) in [5.74, 6) is -0.0398. The van der Waals surface area contributed by atoms with Gasteiger partial charge in [-0.05, 0) is 45.1 Å². The molecule has 19 heavy (non-hydrogen) atoms. The van der Waals surface area contributed by atoms with Gasteiger partial charge in [0.2, 0.25) is 5.91 Å². The van der Waals surface area contributed by atoms with Crippen molar-refractivity contribution < 1.29 is 4.79 Å². The summed E-state index contributed by atoms with van der Waals surface area (Å²) in [5.41, 5.74) is 2.35. The summed E-state index contributed by atoms with van der Waals surface area (Å²) in [7, 11) is 0. The van der Waals surface area contributed by atoms with Gasteiger partial charge in [-0.3, -0.25) is 4.79 Å². The van der Waals surface area contributed by atoms with Crippen molar-refractivity contribution in [3.8, 4) is 0 Å². The summed E-state index contributed by atoms with van der Waals surface area (Å²) in [6, 6.07) is 0. The van der Waals surface area contributed by atoms with Crippen LogP contribution in [0.5, 0.6) is 0 Å². The van der Waals surface area contributed by atoms with Crippen molar-refractivity contribution in [2.24, 2.45) is 0 Å². The molecule has 0 saturated heterocycles. The van der Waals surface area contributed by atoms with E-state index in [1.807, 2.05) is 12.3 Å². The number of allylic oxidation sites excluding steroid dienone is 1. The van der Waals surface area contributed by atoms with E-state index in [9.17, 15) is 4.79 Å². The topological polar surface area (TPSA) is 42.0 Å². The number of aromatic nitrogens is 1. The van der Waals surface area contributed by atoms with E-state index in [0.29, 0.717) is 0 Å². The zero-order valence-electron chi connectivity index (χ0n) is 11.3. The van der Waals surface area contributed by atoms with Crippen molar-refractivity contribution in [1.29, 1.82) is 0 Å². The third-order valence-electron chi connectivity index (χ3n) is 3.17. The lowest BCUT2D eigenvalue weighted by Gasteiger charge is -2.12. The van der Waals surface area contributed by atoms with Crippen molar-refractivity contribution >= 4 is 23.3 Å². The van der Waals surface area contributed by atoms with Crippen molar-refractivity contribution in [3.05, 3.63) is 33.8 Å². The Hall–Kier alpha value is -1.42. The molecule has 2 rings (SSSR count). The first kappa shape index (κ1) is 14.0. The molecule has 0 fully saturated rings. The van der Waals surface area contributed by atoms with Gasteiger partial charge in [0.25, 0.3) is 0 Å². The van der Waals surface area contributed by atoms with E-state index in [1.165, 1.54) is 31.3 Å². The second-order valence-electron chi connectivity index (χ2n) is 4.77. The fraction of sp³-hybridized carbons (Fsp3) is 0.467. The number of carbonyl (C=O) groups excluding carboxylic acids is 1. The number of hydrogen-bond donors (Lipinski definition) is 1. The van der Waals surface area contributed by atoms with Crippen LogP contribution in [0.1, 0.15) is 42.8 Å². The summed E-state index contributed by atoms with van der Waals surface area (Å²) in [6.07, 6.45) is 11.6. The highest BCUT2D eigenvalue weighted by Gasteiger charge is 2.03. The van der Waals surface area contributed by atoms with E-state index >= 15 is 0 Å². The molecule has 1 heterocycles. The van der Waals surface area contributed by atoms with Gasteiger partial charge >= 0.3 is 0 Å². The average molecular weight is 276 g/mol. The minimum Gasteiger partial charge on any atom is -0.352 e. The molecule has 0 radical (unpaired) electrons. The molecule has 1 N–H and O–H groups in total. The van der Waals surface area contributed by atoms with Gasteiger partial charge in [-0.15, -0.1) is 11.3 Å². The van der Waals surface area contributed by atoms with Gasteiger partial charge in [0.1, 0.15) is 0 Å². The third kappa shape index (κ3) is 4.99. The van der Waals surface area contributed by atoms with Gasteiger partial charge < -0.3 is 5.32 Å². The van der Waals surface area contributed by atoms with Crippen LogP contribution < -0.4 is 5.32 Å². The molecule has 1 amide bonds. The highest BCUT2D eigenvalue weighted by atomic mass is 32.1. The van der Waals surface area contributed by atoms with Crippen molar-refractivity contribution in [2.45, 2.75) is 39.0 Å². The zero-order valence-corrected chi connectivity index (χ0v) is 12.1. The molecule has 1 aromatic heterocycles. The van der Waals surface area contributed by atoms with Crippen LogP contribution in [0.3, 0.4) is 0 Å². The molecule has 0 aromatic carbocycles. The normalized spacial score (nSPS) is 15.5. The molecule has 1 aliphatic carbocycles. The van der Waals surface area contributed by atoms with Gasteiger partial charge in [-0.25, -0.2) is 4.98 Å². The number of nitrogens with zero attached hydrogens (tertiary/aromatic N) is 1. The van der Waals surface area contributed by atoms with Crippen LogP contribution in [0.15, 0.2) is 23.1 Å². The quantitative estimate of drug-likeness (QED) is 0.661. The van der Waals surface area contributed by atoms with E-state index < -0.39 is 0 Å². The summed E-state index contributed by atoms with van der Waals surface area (Å²) in [6.45, 7) is 2.69. The molecule has 0 unspecified atom stereocenters. The van der Waals surface area contributed by atoms with Gasteiger partial charge in [0, 0.05) is 18.0 Å². The highest BCUT2D eigenvalue weighted by molar-refractivity contribution is 7.09. The largest absolute Gasteiger partial charge is 0.352 e. The first-order valence-electron chi connectivity index (χ1n) is 6.80. The smallest absolute Gasteiger partial charge is 0.244 e. The fourth-order valence-electron chi connectivity index (χ4n) is 2.15. The van der Waals surface area contributed by atoms with Crippen LogP contribution >= 0.6 is 11.3 Å². The number of rotatable bonds is 5. The Morgan fingerprint density at radius 2 is 2.42 bits per heavy atom. The van der Waals surface area contributed by atoms with E-state index in [-0.39, 0.29) is 5.91 Å². The van der Waals surface area contributed by atoms with E-state index in [0.717, 1.165) is 23.7 Å². The number of amides is 1. The van der Waals surface area contributed by atoms with E-state index in [4.69, 9.17) is 0 Å². The highest BCUT2D eigenvalue weighted by Crippen LogP contribution is 2.19. The second kappa shape index (κ2) is 7.24. The predicted octanol–water partition coefficient (Wildman–Crippen LogP) is 3.47. The Morgan fingerprint density at radius 3 is 3.11 bits per heavy atom. The van der Waals surface area contributed by atoms with Crippen LogP contribution in [0, 0.1) is 6.92 Å². The maximum absolute atomic E-state index is 11.6. The molecule has 0 aliphatic heterocycles. The number of hydrogen-bond acceptors (Lipinski definition) is 3. The molecule has 0 spiro atoms. The van der Waals surface area contributed by atoms with Crippen LogP contribution in [-0.4, -0.2) is 17.4 Å². The van der Waals surface area contributed by atoms with Crippen LogP contribution in [0.25, 0.3) is 6.08 Å². The average Bonchev–Trinajstić information content (AvgIpc) is 2.83. The standard InChI is InChI=1S/C15H20N2OS/c1-12-17-14(11-19-12)7-8-15(18)16-10-9-13-5-3-2-4-6-13/h5,7-8,11H,2-4,6,9-10H2,1H3,(H,16,18)/b8-7+. The lowest BCUT2D eigenvalue weighted by Crippen LogP contribution is -2.22. The minimum atomic E-state index is -0.0398. The minimum absolute atomic E-state index is 0.0398. The molecule has 0 atom stereocenters. The summed E-state index contributed by atoms with van der Waals surface area (Å²) in [4.78, 5) is 15.9. The van der Waals surface area contributed by atoms with E-state index in [2.05, 4.69) is 16.4 Å². The van der Waals surface area contributed by atoms with Crippen LogP contribution in [-0.2, 0) is 4.79 Å². The SMILES string of the molecule is Cc1nc(/C=C/C(=O)NCCC2=CCCCC2)cs1. The maximum Gasteiger partial charge on any atom is 0.244 e. The van der Waals surface area contributed by atoms with Crippen LogP contribution in [0.4, 0.5) is 0 Å². The number of carbonyl (C=O) groups is 1. The monoisotopic (exact) mass is 276 g/mol. The Balaban J connectivity index is 1.69. The van der Waals surface area contributed by atoms with Crippen molar-refractivity contribution in [1.82, 2.24) is 10.3 Å². The molecule has 0 bridgehead atoms. The van der Waals surface area contributed by atoms with E-state index in [1.54, 1.807) is 23.5 Å². The number of aryl methyl sites for hydroxylation is 1. The first-order chi connectivity index (χ1) is 9.24. The molecule has 1 aliphatic rings. The Bertz CT molecular complexity index is 488. The number of nitrogens with one attached hydrogen (secondary N) is 1. The first-order valence-corrected chi connectivity index (χ1v) is 7.68. The molecule has 0 saturated carbocycles. The molecule has 4 heteroatoms. The van der Waals surface area contributed by atoms with Gasteiger partial charge in [0.05, 0.1) is 10.7 Å². The second-order valence-corrected chi connectivity index (χ2v) is 5.84. The number of thiazole rings is 1. The maximum atomic E-state index is 11.6. The Kier molecular flexibility index (Phi) is 5.33. The summed E-state index contributed by atoms with van der Waals surface area (Å²) in [5, 5.41) is 5.88. The summed E-state index contributed by atoms with van der Waals surface area (Å²) < 4.78 is 0.